The van der Waals surface area contributed by atoms with E-state index in [9.17, 15) is 5.11 Å². The Hall–Kier alpha value is -1.16. The molecule has 1 N–H and O–H groups in total. The van der Waals surface area contributed by atoms with Gasteiger partial charge >= 0.3 is 0 Å². The van der Waals surface area contributed by atoms with Gasteiger partial charge in [-0.3, -0.25) is 0 Å². The highest BCUT2D eigenvalue weighted by atomic mass is 16.3. The Labute approximate surface area is 83.6 Å². The summed E-state index contributed by atoms with van der Waals surface area (Å²) in [4.78, 5) is 2.08. The minimum Gasteiger partial charge on any atom is -0.388 e. The Bertz CT molecular complexity index is 299. The van der Waals surface area contributed by atoms with E-state index >= 15 is 0 Å². The standard InChI is InChI=1S/C10H15N3O/c1-10(14)5-3-7-13(8-10)9-4-2-6-11-12-9/h2,4,6,14H,3,5,7-8H2,1H3. The monoisotopic (exact) mass is 193 g/mol. The molecule has 1 fully saturated rings. The normalized spacial score (nSPS) is 27.7. The van der Waals surface area contributed by atoms with Gasteiger partial charge in [0, 0.05) is 19.3 Å². The van der Waals surface area contributed by atoms with Crippen molar-refractivity contribution in [2.75, 3.05) is 18.0 Å². The Morgan fingerprint density at radius 1 is 1.57 bits per heavy atom. The van der Waals surface area contributed by atoms with E-state index in [4.69, 9.17) is 0 Å². The maximum absolute atomic E-state index is 9.92. The lowest BCUT2D eigenvalue weighted by molar-refractivity contribution is 0.0446. The molecular weight excluding hydrogens is 178 g/mol. The van der Waals surface area contributed by atoms with Crippen LogP contribution in [0.15, 0.2) is 18.3 Å². The Morgan fingerprint density at radius 3 is 3.07 bits per heavy atom. The summed E-state index contributed by atoms with van der Waals surface area (Å²) in [5, 5.41) is 17.8. The van der Waals surface area contributed by atoms with Crippen molar-refractivity contribution in [3.8, 4) is 0 Å². The molecule has 1 aromatic heterocycles. The predicted molar refractivity (Wildman–Crippen MR) is 54.1 cm³/mol. The number of aliphatic hydroxyl groups is 1. The molecule has 1 unspecified atom stereocenters. The Kier molecular flexibility index (Phi) is 2.37. The van der Waals surface area contributed by atoms with Gasteiger partial charge in [0.25, 0.3) is 0 Å². The fourth-order valence-corrected chi connectivity index (χ4v) is 1.88. The smallest absolute Gasteiger partial charge is 0.151 e. The minimum absolute atomic E-state index is 0.588. The minimum atomic E-state index is -0.588. The highest BCUT2D eigenvalue weighted by Crippen LogP contribution is 2.23. The fraction of sp³-hybridized carbons (Fsp3) is 0.600. The van der Waals surface area contributed by atoms with Crippen LogP contribution < -0.4 is 4.90 Å². The maximum atomic E-state index is 9.92. The molecule has 0 spiro atoms. The Balaban J connectivity index is 2.12. The van der Waals surface area contributed by atoms with Crippen molar-refractivity contribution in [1.29, 1.82) is 0 Å². The molecule has 14 heavy (non-hydrogen) atoms. The topological polar surface area (TPSA) is 49.2 Å². The first-order valence-corrected chi connectivity index (χ1v) is 4.92. The second-order valence-corrected chi connectivity index (χ2v) is 4.10. The van der Waals surface area contributed by atoms with Gasteiger partial charge in [-0.2, -0.15) is 5.10 Å². The van der Waals surface area contributed by atoms with Crippen molar-refractivity contribution < 1.29 is 5.11 Å². The van der Waals surface area contributed by atoms with Crippen LogP contribution in [0.4, 0.5) is 5.82 Å². The summed E-state index contributed by atoms with van der Waals surface area (Å²) in [6.45, 7) is 3.47. The first-order chi connectivity index (χ1) is 6.67. The molecule has 0 aliphatic carbocycles. The predicted octanol–water partition coefficient (Wildman–Crippen LogP) is 0.828. The summed E-state index contributed by atoms with van der Waals surface area (Å²) < 4.78 is 0. The first-order valence-electron chi connectivity index (χ1n) is 4.92. The third-order valence-electron chi connectivity index (χ3n) is 2.56. The highest BCUT2D eigenvalue weighted by molar-refractivity contribution is 5.37. The van der Waals surface area contributed by atoms with Gasteiger partial charge in [0.2, 0.25) is 0 Å². The van der Waals surface area contributed by atoms with Crippen LogP contribution >= 0.6 is 0 Å². The van der Waals surface area contributed by atoms with Crippen LogP contribution in [0.25, 0.3) is 0 Å². The van der Waals surface area contributed by atoms with E-state index in [0.29, 0.717) is 6.54 Å². The van der Waals surface area contributed by atoms with Crippen molar-refractivity contribution in [3.63, 3.8) is 0 Å². The molecule has 0 saturated carbocycles. The lowest BCUT2D eigenvalue weighted by Crippen LogP contribution is -2.46. The van der Waals surface area contributed by atoms with Gasteiger partial charge in [-0.1, -0.05) is 0 Å². The highest BCUT2D eigenvalue weighted by Gasteiger charge is 2.28. The largest absolute Gasteiger partial charge is 0.388 e. The average Bonchev–Trinajstić information content (AvgIpc) is 2.18. The zero-order valence-corrected chi connectivity index (χ0v) is 8.35. The van der Waals surface area contributed by atoms with E-state index in [1.165, 1.54) is 0 Å². The van der Waals surface area contributed by atoms with Gasteiger partial charge in [-0.25, -0.2) is 0 Å². The molecule has 1 aliphatic heterocycles. The molecule has 2 rings (SSSR count). The van der Waals surface area contributed by atoms with Crippen molar-refractivity contribution in [1.82, 2.24) is 10.2 Å². The van der Waals surface area contributed by atoms with Crippen LogP contribution in [-0.4, -0.2) is 34.0 Å². The van der Waals surface area contributed by atoms with Crippen LogP contribution in [0.2, 0.25) is 0 Å². The van der Waals surface area contributed by atoms with Crippen molar-refractivity contribution >= 4 is 5.82 Å². The molecule has 0 radical (unpaired) electrons. The number of nitrogens with zero attached hydrogens (tertiary/aromatic N) is 3. The molecule has 76 valence electrons. The van der Waals surface area contributed by atoms with E-state index in [1.54, 1.807) is 6.20 Å². The molecule has 1 saturated heterocycles. The fourth-order valence-electron chi connectivity index (χ4n) is 1.88. The first kappa shape index (κ1) is 9.40. The quantitative estimate of drug-likeness (QED) is 0.717. The molecule has 0 amide bonds. The van der Waals surface area contributed by atoms with Gasteiger partial charge < -0.3 is 10.0 Å². The SMILES string of the molecule is CC1(O)CCCN(c2cccnn2)C1. The summed E-state index contributed by atoms with van der Waals surface area (Å²) in [7, 11) is 0. The van der Waals surface area contributed by atoms with Gasteiger partial charge in [-0.15, -0.1) is 5.10 Å². The summed E-state index contributed by atoms with van der Waals surface area (Å²) in [6.07, 6.45) is 3.53. The van der Waals surface area contributed by atoms with Crippen LogP contribution in [0.5, 0.6) is 0 Å². The van der Waals surface area contributed by atoms with Crippen molar-refractivity contribution in [2.24, 2.45) is 0 Å². The molecule has 1 aliphatic rings. The number of rotatable bonds is 1. The summed E-state index contributed by atoms with van der Waals surface area (Å²) in [6, 6.07) is 3.79. The zero-order chi connectivity index (χ0) is 10.0. The third kappa shape index (κ3) is 2.01. The van der Waals surface area contributed by atoms with E-state index in [1.807, 2.05) is 19.1 Å². The van der Waals surface area contributed by atoms with Gasteiger partial charge in [0.05, 0.1) is 5.60 Å². The summed E-state index contributed by atoms with van der Waals surface area (Å²) in [5.41, 5.74) is -0.588. The van der Waals surface area contributed by atoms with Crippen LogP contribution in [0.3, 0.4) is 0 Å². The molecule has 0 aromatic carbocycles. The average molecular weight is 193 g/mol. The van der Waals surface area contributed by atoms with Gasteiger partial charge in [-0.05, 0) is 31.9 Å². The molecule has 1 atom stereocenters. The molecule has 2 heterocycles. The number of piperidine rings is 1. The number of hydrogen-bond donors (Lipinski definition) is 1. The van der Waals surface area contributed by atoms with Gasteiger partial charge in [0.1, 0.15) is 0 Å². The number of β-amino-alcohol motifs (C(OH)–C–C–N with tert-alkyl or cyclic N) is 1. The lowest BCUT2D eigenvalue weighted by atomic mass is 9.95. The van der Waals surface area contributed by atoms with E-state index in [-0.39, 0.29) is 0 Å². The summed E-state index contributed by atoms with van der Waals surface area (Å²) in [5.74, 6) is 0.854. The zero-order valence-electron chi connectivity index (χ0n) is 8.35. The second-order valence-electron chi connectivity index (χ2n) is 4.10. The van der Waals surface area contributed by atoms with E-state index in [0.717, 1.165) is 25.2 Å². The molecule has 4 nitrogen and oxygen atoms in total. The van der Waals surface area contributed by atoms with Crippen LogP contribution in [-0.2, 0) is 0 Å². The molecule has 0 bridgehead atoms. The van der Waals surface area contributed by atoms with Crippen molar-refractivity contribution in [2.45, 2.75) is 25.4 Å². The maximum Gasteiger partial charge on any atom is 0.151 e. The third-order valence-corrected chi connectivity index (χ3v) is 2.56. The molecule has 1 aromatic rings. The number of hydrogen-bond acceptors (Lipinski definition) is 4. The van der Waals surface area contributed by atoms with Crippen LogP contribution in [0, 0.1) is 0 Å². The molecule has 4 heteroatoms. The van der Waals surface area contributed by atoms with E-state index < -0.39 is 5.60 Å². The Morgan fingerprint density at radius 2 is 2.43 bits per heavy atom. The summed E-state index contributed by atoms with van der Waals surface area (Å²) >= 11 is 0. The molecular formula is C10H15N3O. The van der Waals surface area contributed by atoms with Crippen LogP contribution in [0.1, 0.15) is 19.8 Å². The number of anilines is 1. The van der Waals surface area contributed by atoms with Crippen molar-refractivity contribution in [3.05, 3.63) is 18.3 Å². The second kappa shape index (κ2) is 3.53. The van der Waals surface area contributed by atoms with E-state index in [2.05, 4.69) is 15.1 Å². The lowest BCUT2D eigenvalue weighted by Gasteiger charge is -2.37. The number of aromatic nitrogens is 2. The van der Waals surface area contributed by atoms with Gasteiger partial charge in [0.15, 0.2) is 5.82 Å².